The van der Waals surface area contributed by atoms with Crippen LogP contribution in [0.1, 0.15) is 0 Å². The van der Waals surface area contributed by atoms with Gasteiger partial charge in [0.15, 0.2) is 0 Å². The molecular formula is C18H17ClN6O3. The number of piperazine rings is 1. The van der Waals surface area contributed by atoms with Crippen molar-refractivity contribution in [2.24, 2.45) is 5.90 Å². The molecule has 0 radical (unpaired) electrons. The van der Waals surface area contributed by atoms with Crippen LogP contribution in [0.5, 0.6) is 0 Å². The zero-order valence-electron chi connectivity index (χ0n) is 14.8. The molecule has 1 fully saturated rings. The molecule has 3 heterocycles. The number of hydrogen-bond acceptors (Lipinski definition) is 8. The predicted molar refractivity (Wildman–Crippen MR) is 102 cm³/mol. The molecule has 10 heteroatoms. The van der Waals surface area contributed by atoms with Gasteiger partial charge in [-0.2, -0.15) is 10.9 Å². The number of aromatic nitrogens is 3. The van der Waals surface area contributed by atoms with E-state index in [-0.39, 0.29) is 0 Å². The van der Waals surface area contributed by atoms with Crippen LogP contribution in [0.2, 0.25) is 5.02 Å². The van der Waals surface area contributed by atoms with Gasteiger partial charge in [0.05, 0.1) is 5.56 Å². The Hall–Kier alpha value is -3.17. The minimum Gasteiger partial charge on any atom is -0.357 e. The largest absolute Gasteiger partial charge is 0.428 e. The Morgan fingerprint density at radius 2 is 2.00 bits per heavy atom. The second-order valence-electron chi connectivity index (χ2n) is 6.17. The lowest BCUT2D eigenvalue weighted by Crippen LogP contribution is -2.49. The maximum absolute atomic E-state index is 11.6. The summed E-state index contributed by atoms with van der Waals surface area (Å²) in [6, 6.07) is 10.9. The van der Waals surface area contributed by atoms with E-state index in [1.54, 1.807) is 23.2 Å². The van der Waals surface area contributed by atoms with E-state index < -0.39 is 6.09 Å². The average molecular weight is 401 g/mol. The van der Waals surface area contributed by atoms with Crippen LogP contribution in [0.25, 0.3) is 22.8 Å². The van der Waals surface area contributed by atoms with Gasteiger partial charge in [-0.25, -0.2) is 9.78 Å². The first-order valence-electron chi connectivity index (χ1n) is 8.61. The van der Waals surface area contributed by atoms with Crippen molar-refractivity contribution < 1.29 is 14.2 Å². The summed E-state index contributed by atoms with van der Waals surface area (Å²) < 4.78 is 5.48. The zero-order valence-corrected chi connectivity index (χ0v) is 15.5. The van der Waals surface area contributed by atoms with E-state index >= 15 is 0 Å². The van der Waals surface area contributed by atoms with Crippen LogP contribution < -0.4 is 10.8 Å². The molecule has 2 N–H and O–H groups in total. The molecule has 3 aromatic rings. The normalized spacial score (nSPS) is 14.2. The van der Waals surface area contributed by atoms with Crippen LogP contribution in [0.4, 0.5) is 10.6 Å². The summed E-state index contributed by atoms with van der Waals surface area (Å²) >= 11 is 6.04. The molecule has 1 aromatic carbocycles. The van der Waals surface area contributed by atoms with Crippen LogP contribution in [0, 0.1) is 0 Å². The smallest absolute Gasteiger partial charge is 0.357 e. The number of nitrogens with zero attached hydrogens (tertiary/aromatic N) is 5. The van der Waals surface area contributed by atoms with E-state index in [4.69, 9.17) is 22.0 Å². The monoisotopic (exact) mass is 400 g/mol. The highest BCUT2D eigenvalue weighted by Crippen LogP contribution is 2.30. The number of nitrogens with two attached hydrogens (primary N) is 1. The Morgan fingerprint density at radius 3 is 2.75 bits per heavy atom. The first kappa shape index (κ1) is 18.2. The predicted octanol–water partition coefficient (Wildman–Crippen LogP) is 2.58. The highest BCUT2D eigenvalue weighted by molar-refractivity contribution is 6.30. The third kappa shape index (κ3) is 3.62. The minimum absolute atomic E-state index is 0.363. The number of rotatable bonds is 3. The second kappa shape index (κ2) is 7.83. The minimum atomic E-state index is -0.538. The quantitative estimate of drug-likeness (QED) is 0.668. The lowest BCUT2D eigenvalue weighted by molar-refractivity contribution is 0.101. The Kier molecular flexibility index (Phi) is 5.09. The summed E-state index contributed by atoms with van der Waals surface area (Å²) in [7, 11) is 0. The number of halogens is 1. The molecule has 0 spiro atoms. The molecule has 144 valence electrons. The van der Waals surface area contributed by atoms with Crippen molar-refractivity contribution in [3.05, 3.63) is 47.6 Å². The van der Waals surface area contributed by atoms with E-state index in [2.05, 4.69) is 24.9 Å². The van der Waals surface area contributed by atoms with Gasteiger partial charge in [-0.05, 0) is 24.3 Å². The van der Waals surface area contributed by atoms with E-state index in [1.165, 1.54) is 0 Å². The SMILES string of the molecule is NOC(=O)N1CCN(c2ncccc2-c2nc(-c3cccc(Cl)c3)no2)CC1. The number of carbonyl (C=O) groups is 1. The van der Waals surface area contributed by atoms with E-state index in [0.717, 1.165) is 11.1 Å². The number of amides is 1. The molecule has 0 saturated carbocycles. The number of carbonyl (C=O) groups excluding carboxylic acids is 1. The van der Waals surface area contributed by atoms with Gasteiger partial charge in [0.1, 0.15) is 5.82 Å². The topological polar surface area (TPSA) is 111 Å². The van der Waals surface area contributed by atoms with E-state index in [9.17, 15) is 4.79 Å². The Bertz CT molecular complexity index is 987. The van der Waals surface area contributed by atoms with Crippen molar-refractivity contribution in [3.8, 4) is 22.8 Å². The number of pyridine rings is 1. The van der Waals surface area contributed by atoms with Crippen molar-refractivity contribution in [2.45, 2.75) is 0 Å². The number of benzene rings is 1. The highest BCUT2D eigenvalue weighted by Gasteiger charge is 2.25. The molecule has 2 aromatic heterocycles. The van der Waals surface area contributed by atoms with Crippen LogP contribution in [-0.2, 0) is 4.84 Å². The average Bonchev–Trinajstić information content (AvgIpc) is 3.23. The van der Waals surface area contributed by atoms with Gasteiger partial charge in [0.25, 0.3) is 5.89 Å². The first-order chi connectivity index (χ1) is 13.7. The van der Waals surface area contributed by atoms with Crippen molar-refractivity contribution in [1.82, 2.24) is 20.0 Å². The lowest BCUT2D eigenvalue weighted by Gasteiger charge is -2.34. The molecule has 1 saturated heterocycles. The van der Waals surface area contributed by atoms with Gasteiger partial charge in [-0.1, -0.05) is 28.9 Å². The van der Waals surface area contributed by atoms with Crippen molar-refractivity contribution >= 4 is 23.5 Å². The summed E-state index contributed by atoms with van der Waals surface area (Å²) in [5, 5.41) is 4.66. The standard InChI is InChI=1S/C18H17ClN6O3/c19-13-4-1-3-12(11-13)15-22-17(28-23-15)14-5-2-6-21-16(14)24-7-9-25(10-8-24)18(26)27-20/h1-6,11H,7-10,20H2. The summed E-state index contributed by atoms with van der Waals surface area (Å²) in [5.74, 6) is 6.48. The first-order valence-corrected chi connectivity index (χ1v) is 8.99. The van der Waals surface area contributed by atoms with Gasteiger partial charge in [-0.15, -0.1) is 0 Å². The Morgan fingerprint density at radius 1 is 1.18 bits per heavy atom. The molecule has 0 unspecified atom stereocenters. The molecule has 0 bridgehead atoms. The molecule has 1 aliphatic rings. The van der Waals surface area contributed by atoms with Gasteiger partial charge >= 0.3 is 6.09 Å². The van der Waals surface area contributed by atoms with Crippen LogP contribution in [-0.4, -0.2) is 52.3 Å². The molecular weight excluding hydrogens is 384 g/mol. The van der Waals surface area contributed by atoms with E-state index in [1.807, 2.05) is 24.3 Å². The van der Waals surface area contributed by atoms with Gasteiger partial charge < -0.3 is 19.2 Å². The number of anilines is 1. The van der Waals surface area contributed by atoms with Gasteiger partial charge in [0, 0.05) is 43.0 Å². The van der Waals surface area contributed by atoms with Gasteiger partial charge in [0.2, 0.25) is 5.82 Å². The van der Waals surface area contributed by atoms with Crippen molar-refractivity contribution in [1.29, 1.82) is 0 Å². The second-order valence-corrected chi connectivity index (χ2v) is 6.60. The summed E-state index contributed by atoms with van der Waals surface area (Å²) in [4.78, 5) is 28.4. The van der Waals surface area contributed by atoms with Crippen LogP contribution in [0.3, 0.4) is 0 Å². The van der Waals surface area contributed by atoms with E-state index in [0.29, 0.717) is 48.7 Å². The third-order valence-electron chi connectivity index (χ3n) is 4.46. The zero-order chi connectivity index (χ0) is 19.5. The van der Waals surface area contributed by atoms with Gasteiger partial charge in [-0.3, -0.25) is 0 Å². The molecule has 4 rings (SSSR count). The van der Waals surface area contributed by atoms with Crippen molar-refractivity contribution in [3.63, 3.8) is 0 Å². The summed E-state index contributed by atoms with van der Waals surface area (Å²) in [5.41, 5.74) is 1.49. The Balaban J connectivity index is 1.58. The lowest BCUT2D eigenvalue weighted by atomic mass is 10.2. The molecule has 1 aliphatic heterocycles. The highest BCUT2D eigenvalue weighted by atomic mass is 35.5. The summed E-state index contributed by atoms with van der Waals surface area (Å²) in [6.45, 7) is 2.11. The summed E-state index contributed by atoms with van der Waals surface area (Å²) in [6.07, 6.45) is 1.16. The van der Waals surface area contributed by atoms with Crippen LogP contribution >= 0.6 is 11.6 Å². The fraction of sp³-hybridized carbons (Fsp3) is 0.222. The molecule has 0 atom stereocenters. The molecule has 0 aliphatic carbocycles. The molecule has 1 amide bonds. The van der Waals surface area contributed by atoms with Crippen LogP contribution in [0.15, 0.2) is 47.1 Å². The molecule has 28 heavy (non-hydrogen) atoms. The number of hydrogen-bond donors (Lipinski definition) is 1. The maximum Gasteiger partial charge on any atom is 0.428 e. The maximum atomic E-state index is 11.6. The van der Waals surface area contributed by atoms with Crippen molar-refractivity contribution in [2.75, 3.05) is 31.1 Å². The Labute approximate surface area is 165 Å². The third-order valence-corrected chi connectivity index (χ3v) is 4.70. The fourth-order valence-corrected chi connectivity index (χ4v) is 3.26. The molecule has 9 nitrogen and oxygen atoms in total. The fourth-order valence-electron chi connectivity index (χ4n) is 3.07.